The van der Waals surface area contributed by atoms with E-state index in [1.165, 1.54) is 0 Å². The van der Waals surface area contributed by atoms with Gasteiger partial charge in [-0.3, -0.25) is 4.79 Å². The number of hydrogen-bond donors (Lipinski definition) is 1. The van der Waals surface area contributed by atoms with E-state index in [0.29, 0.717) is 10.6 Å². The van der Waals surface area contributed by atoms with Gasteiger partial charge in [0, 0.05) is 21.9 Å². The summed E-state index contributed by atoms with van der Waals surface area (Å²) < 4.78 is 0.932. The molecular weight excluding hydrogens is 383 g/mol. The Hall–Kier alpha value is -1.47. The van der Waals surface area contributed by atoms with Gasteiger partial charge in [-0.25, -0.2) is 0 Å². The molecule has 0 fully saturated rings. The van der Waals surface area contributed by atoms with Gasteiger partial charge in [0.25, 0.3) is 5.91 Å². The summed E-state index contributed by atoms with van der Waals surface area (Å²) in [6, 6.07) is 14.8. The molecule has 0 spiro atoms. The monoisotopic (exact) mass is 396 g/mol. The first-order valence-electron chi connectivity index (χ1n) is 5.93. The molecule has 2 aromatic carbocycles. The highest BCUT2D eigenvalue weighted by Gasteiger charge is 2.15. The van der Waals surface area contributed by atoms with Gasteiger partial charge in [0.15, 0.2) is 0 Å². The average molecular weight is 396 g/mol. The summed E-state index contributed by atoms with van der Waals surface area (Å²) in [5, 5.41) is 0. The molecule has 0 aromatic heterocycles. The lowest BCUT2D eigenvalue weighted by Crippen LogP contribution is -2.27. The topological polar surface area (TPSA) is 46.3 Å². The fraction of sp³-hybridized carbons (Fsp3) is 0.0667. The second-order valence-corrected chi connectivity index (χ2v) is 5.86. The molecule has 0 aliphatic carbocycles. The second kappa shape index (κ2) is 6.32. The summed E-state index contributed by atoms with van der Waals surface area (Å²) in [5.41, 5.74) is 7.84. The van der Waals surface area contributed by atoms with Crippen molar-refractivity contribution in [2.75, 3.05) is 11.9 Å². The molecule has 0 radical (unpaired) electrons. The fourth-order valence-corrected chi connectivity index (χ4v) is 2.54. The number of anilines is 1. The third-order valence-electron chi connectivity index (χ3n) is 2.95. The lowest BCUT2D eigenvalue weighted by molar-refractivity contribution is 0.0992. The molecule has 2 aromatic rings. The normalized spacial score (nSPS) is 10.1. The quantitative estimate of drug-likeness (QED) is 0.641. The highest BCUT2D eigenvalue weighted by atomic mass is 127. The van der Waals surface area contributed by atoms with Crippen LogP contribution in [0.4, 0.5) is 5.69 Å². The molecule has 0 heterocycles. The number of hydrogen-bond acceptors (Lipinski definition) is 2. The van der Waals surface area contributed by atoms with Crippen molar-refractivity contribution in [3.8, 4) is 0 Å². The molecule has 1 amide bonds. The molecule has 2 rings (SSSR count). The molecule has 0 saturated carbocycles. The first-order chi connectivity index (χ1) is 9.50. The van der Waals surface area contributed by atoms with Crippen LogP contribution in [0.5, 0.6) is 0 Å². The molecule has 20 heavy (non-hydrogen) atoms. The predicted molar refractivity (Wildman–Crippen MR) is 94.2 cm³/mol. The van der Waals surface area contributed by atoms with Gasteiger partial charge in [0.1, 0.15) is 4.99 Å². The van der Waals surface area contributed by atoms with E-state index < -0.39 is 0 Å². The van der Waals surface area contributed by atoms with Crippen molar-refractivity contribution in [1.82, 2.24) is 0 Å². The van der Waals surface area contributed by atoms with Crippen LogP contribution < -0.4 is 10.6 Å². The van der Waals surface area contributed by atoms with Crippen LogP contribution in [0.15, 0.2) is 48.5 Å². The van der Waals surface area contributed by atoms with Gasteiger partial charge < -0.3 is 10.6 Å². The minimum absolute atomic E-state index is 0.0434. The van der Waals surface area contributed by atoms with Crippen LogP contribution in [-0.4, -0.2) is 17.9 Å². The van der Waals surface area contributed by atoms with E-state index in [1.54, 1.807) is 11.9 Å². The Kier molecular flexibility index (Phi) is 4.72. The van der Waals surface area contributed by atoms with Crippen LogP contribution in [0, 0.1) is 3.57 Å². The SMILES string of the molecule is CN(C(=O)c1ccccc1I)c1ccc(C(N)=S)cc1. The van der Waals surface area contributed by atoms with Crippen molar-refractivity contribution in [3.05, 3.63) is 63.2 Å². The average Bonchev–Trinajstić information content (AvgIpc) is 2.46. The number of thiocarbonyl (C=S) groups is 1. The third-order valence-corrected chi connectivity index (χ3v) is 4.12. The molecule has 0 saturated heterocycles. The van der Waals surface area contributed by atoms with Gasteiger partial charge in [0.05, 0.1) is 5.56 Å². The third kappa shape index (κ3) is 3.16. The number of nitrogens with two attached hydrogens (primary N) is 1. The Balaban J connectivity index is 2.27. The van der Waals surface area contributed by atoms with Crippen LogP contribution in [0.3, 0.4) is 0 Å². The minimum atomic E-state index is -0.0434. The number of rotatable bonds is 3. The lowest BCUT2D eigenvalue weighted by atomic mass is 10.1. The molecule has 5 heteroatoms. The summed E-state index contributed by atoms with van der Waals surface area (Å²) in [6.45, 7) is 0. The highest BCUT2D eigenvalue weighted by molar-refractivity contribution is 14.1. The standard InChI is InChI=1S/C15H13IN2OS/c1-18(11-8-6-10(7-9-11)14(17)20)15(19)12-4-2-3-5-13(12)16/h2-9H,1H3,(H2,17,20). The van der Waals surface area contributed by atoms with Crippen molar-refractivity contribution >= 4 is 51.4 Å². The molecule has 0 atom stereocenters. The van der Waals surface area contributed by atoms with Crippen molar-refractivity contribution in [2.24, 2.45) is 5.73 Å². The van der Waals surface area contributed by atoms with E-state index in [-0.39, 0.29) is 5.91 Å². The largest absolute Gasteiger partial charge is 0.389 e. The van der Waals surface area contributed by atoms with E-state index >= 15 is 0 Å². The maximum Gasteiger partial charge on any atom is 0.259 e. The summed E-state index contributed by atoms with van der Waals surface area (Å²) in [6.07, 6.45) is 0. The first kappa shape index (κ1) is 14.9. The lowest BCUT2D eigenvalue weighted by Gasteiger charge is -2.18. The van der Waals surface area contributed by atoms with Crippen molar-refractivity contribution in [2.45, 2.75) is 0 Å². The van der Waals surface area contributed by atoms with Crippen molar-refractivity contribution in [3.63, 3.8) is 0 Å². The summed E-state index contributed by atoms with van der Waals surface area (Å²) in [4.78, 5) is 14.4. The number of carbonyl (C=O) groups is 1. The van der Waals surface area contributed by atoms with Crippen molar-refractivity contribution in [1.29, 1.82) is 0 Å². The molecule has 0 bridgehead atoms. The fourth-order valence-electron chi connectivity index (χ4n) is 1.78. The number of amides is 1. The van der Waals surface area contributed by atoms with E-state index in [1.807, 2.05) is 48.5 Å². The smallest absolute Gasteiger partial charge is 0.259 e. The van der Waals surface area contributed by atoms with Crippen LogP contribution >= 0.6 is 34.8 Å². The Morgan fingerprint density at radius 2 is 1.75 bits per heavy atom. The molecule has 102 valence electrons. The van der Waals surface area contributed by atoms with Crippen molar-refractivity contribution < 1.29 is 4.79 Å². The van der Waals surface area contributed by atoms with Gasteiger partial charge in [-0.2, -0.15) is 0 Å². The van der Waals surface area contributed by atoms with Gasteiger partial charge in [-0.15, -0.1) is 0 Å². The molecule has 0 aliphatic rings. The zero-order valence-electron chi connectivity index (χ0n) is 10.8. The first-order valence-corrected chi connectivity index (χ1v) is 7.42. The summed E-state index contributed by atoms with van der Waals surface area (Å²) in [7, 11) is 1.75. The molecule has 3 nitrogen and oxygen atoms in total. The Morgan fingerprint density at radius 1 is 1.15 bits per heavy atom. The minimum Gasteiger partial charge on any atom is -0.389 e. The number of halogens is 1. The maximum atomic E-state index is 12.5. The Morgan fingerprint density at radius 3 is 2.30 bits per heavy atom. The summed E-state index contributed by atoms with van der Waals surface area (Å²) >= 11 is 7.07. The van der Waals surface area contributed by atoms with Gasteiger partial charge in [0.2, 0.25) is 0 Å². The highest BCUT2D eigenvalue weighted by Crippen LogP contribution is 2.19. The molecule has 2 N–H and O–H groups in total. The van der Waals surface area contributed by atoms with Gasteiger partial charge >= 0.3 is 0 Å². The van der Waals surface area contributed by atoms with Crippen LogP contribution in [0.2, 0.25) is 0 Å². The van der Waals surface area contributed by atoms with E-state index in [2.05, 4.69) is 22.6 Å². The predicted octanol–water partition coefficient (Wildman–Crippen LogP) is 3.20. The summed E-state index contributed by atoms with van der Waals surface area (Å²) in [5.74, 6) is -0.0434. The van der Waals surface area contributed by atoms with E-state index in [4.69, 9.17) is 18.0 Å². The van der Waals surface area contributed by atoms with Crippen LogP contribution in [0.25, 0.3) is 0 Å². The van der Waals surface area contributed by atoms with Gasteiger partial charge in [-0.05, 0) is 59.0 Å². The number of benzene rings is 2. The molecular formula is C15H13IN2OS. The van der Waals surface area contributed by atoms with Crippen LogP contribution in [0.1, 0.15) is 15.9 Å². The maximum absolute atomic E-state index is 12.5. The molecule has 0 unspecified atom stereocenters. The zero-order chi connectivity index (χ0) is 14.7. The Bertz CT molecular complexity index is 655. The Labute approximate surface area is 136 Å². The van der Waals surface area contributed by atoms with Crippen LogP contribution in [-0.2, 0) is 0 Å². The van der Waals surface area contributed by atoms with E-state index in [9.17, 15) is 4.79 Å². The molecule has 0 aliphatic heterocycles. The number of nitrogens with zero attached hydrogens (tertiary/aromatic N) is 1. The van der Waals surface area contributed by atoms with Gasteiger partial charge in [-0.1, -0.05) is 24.4 Å². The van der Waals surface area contributed by atoms with E-state index in [0.717, 1.165) is 14.8 Å². The second-order valence-electron chi connectivity index (χ2n) is 4.26. The number of carbonyl (C=O) groups excluding carboxylic acids is 1. The zero-order valence-corrected chi connectivity index (χ0v) is 13.8.